The zero-order valence-electron chi connectivity index (χ0n) is 16.2. The van der Waals surface area contributed by atoms with Crippen LogP contribution in [0.1, 0.15) is 29.3 Å². The Bertz CT molecular complexity index is 1070. The molecular weight excluding hydrogens is 460 g/mol. The number of aliphatic carboxylic acids is 1. The molecule has 0 aliphatic carbocycles. The molecule has 0 aromatic heterocycles. The van der Waals surface area contributed by atoms with Crippen LogP contribution < -0.4 is 10.2 Å². The molecule has 3 rings (SSSR count). The van der Waals surface area contributed by atoms with Gasteiger partial charge in [-0.25, -0.2) is 4.79 Å². The van der Waals surface area contributed by atoms with Crippen LogP contribution in [0.15, 0.2) is 53.4 Å². The largest absolute Gasteiger partial charge is 0.479 e. The number of halogens is 1. The van der Waals surface area contributed by atoms with E-state index in [0.29, 0.717) is 33.2 Å². The van der Waals surface area contributed by atoms with Gasteiger partial charge in [0.05, 0.1) is 4.91 Å². The van der Waals surface area contributed by atoms with E-state index >= 15 is 0 Å². The maximum atomic E-state index is 12.7. The molecule has 1 saturated heterocycles. The predicted molar refractivity (Wildman–Crippen MR) is 123 cm³/mol. The van der Waals surface area contributed by atoms with Crippen molar-refractivity contribution in [1.29, 1.82) is 0 Å². The van der Waals surface area contributed by atoms with Crippen LogP contribution in [-0.4, -0.2) is 38.3 Å². The molecule has 1 unspecified atom stereocenters. The summed E-state index contributed by atoms with van der Waals surface area (Å²) in [6, 6.07) is 12.9. The Morgan fingerprint density at radius 2 is 2.00 bits per heavy atom. The summed E-state index contributed by atoms with van der Waals surface area (Å²) in [5, 5.41) is 10.7. The molecule has 2 N–H and O–H groups in total. The van der Waals surface area contributed by atoms with Gasteiger partial charge in [-0.05, 0) is 66.7 Å². The van der Waals surface area contributed by atoms with E-state index in [2.05, 4.69) is 5.43 Å². The molecule has 1 aliphatic rings. The number of carbonyl (C=O) groups is 3. The van der Waals surface area contributed by atoms with Gasteiger partial charge in [0, 0.05) is 10.6 Å². The molecule has 2 amide bonds. The van der Waals surface area contributed by atoms with E-state index in [-0.39, 0.29) is 4.32 Å². The lowest BCUT2D eigenvalue weighted by molar-refractivity contribution is -0.145. The molecule has 2 aromatic rings. The highest BCUT2D eigenvalue weighted by atomic mass is 35.5. The van der Waals surface area contributed by atoms with Crippen molar-refractivity contribution < 1.29 is 24.2 Å². The average molecular weight is 477 g/mol. The second-order valence-corrected chi connectivity index (χ2v) is 8.50. The molecule has 1 atom stereocenters. The van der Waals surface area contributed by atoms with Crippen LogP contribution in [0.5, 0.6) is 5.75 Å². The van der Waals surface area contributed by atoms with Gasteiger partial charge >= 0.3 is 5.97 Å². The Morgan fingerprint density at radius 1 is 1.29 bits per heavy atom. The van der Waals surface area contributed by atoms with Crippen molar-refractivity contribution in [3.05, 3.63) is 69.6 Å². The smallest absolute Gasteiger partial charge is 0.344 e. The van der Waals surface area contributed by atoms with Crippen LogP contribution in [0.3, 0.4) is 0 Å². The van der Waals surface area contributed by atoms with Gasteiger partial charge in [-0.15, -0.1) is 0 Å². The second kappa shape index (κ2) is 9.95. The molecule has 7 nitrogen and oxygen atoms in total. The first-order valence-corrected chi connectivity index (χ1v) is 10.7. The van der Waals surface area contributed by atoms with Crippen molar-refractivity contribution in [2.24, 2.45) is 0 Å². The SMILES string of the molecule is CCC(Oc1cccc(/C=C2/SC(=S)N(NC(=O)c3ccc(Cl)cc3)C2=O)c1)C(=O)O. The van der Waals surface area contributed by atoms with Crippen molar-refractivity contribution in [3.8, 4) is 5.75 Å². The monoisotopic (exact) mass is 476 g/mol. The lowest BCUT2D eigenvalue weighted by atomic mass is 10.2. The Hall–Kier alpha value is -2.88. The third-order valence-electron chi connectivity index (χ3n) is 4.19. The molecule has 31 heavy (non-hydrogen) atoms. The molecule has 0 bridgehead atoms. The zero-order valence-corrected chi connectivity index (χ0v) is 18.6. The number of hydrazine groups is 1. The summed E-state index contributed by atoms with van der Waals surface area (Å²) in [5.74, 6) is -1.65. The minimum atomic E-state index is -1.05. The molecule has 0 spiro atoms. The third-order valence-corrected chi connectivity index (χ3v) is 5.75. The van der Waals surface area contributed by atoms with Gasteiger partial charge in [0.15, 0.2) is 10.4 Å². The van der Waals surface area contributed by atoms with Crippen molar-refractivity contribution in [1.82, 2.24) is 10.4 Å². The highest BCUT2D eigenvalue weighted by molar-refractivity contribution is 8.26. The number of amides is 2. The predicted octanol–water partition coefficient (Wildman–Crippen LogP) is 4.13. The van der Waals surface area contributed by atoms with E-state index in [1.807, 2.05) is 0 Å². The topological polar surface area (TPSA) is 95.9 Å². The minimum absolute atomic E-state index is 0.183. The third kappa shape index (κ3) is 5.63. The summed E-state index contributed by atoms with van der Waals surface area (Å²) in [5.41, 5.74) is 3.45. The first kappa shape index (κ1) is 22.8. The molecule has 10 heteroatoms. The molecule has 1 fully saturated rings. The van der Waals surface area contributed by atoms with Crippen LogP contribution in [0, 0.1) is 0 Å². The fourth-order valence-electron chi connectivity index (χ4n) is 2.63. The average Bonchev–Trinajstić information content (AvgIpc) is 2.99. The molecule has 0 radical (unpaired) electrons. The first-order valence-electron chi connectivity index (χ1n) is 9.12. The highest BCUT2D eigenvalue weighted by Crippen LogP contribution is 2.32. The number of nitrogens with one attached hydrogen (secondary N) is 1. The summed E-state index contributed by atoms with van der Waals surface area (Å²) in [6.45, 7) is 1.71. The van der Waals surface area contributed by atoms with Crippen LogP contribution in [-0.2, 0) is 9.59 Å². The van der Waals surface area contributed by atoms with Crippen LogP contribution in [0.4, 0.5) is 0 Å². The lowest BCUT2D eigenvalue weighted by Crippen LogP contribution is -2.44. The van der Waals surface area contributed by atoms with Gasteiger partial charge in [0.2, 0.25) is 0 Å². The van der Waals surface area contributed by atoms with Crippen molar-refractivity contribution in [2.75, 3.05) is 0 Å². The molecule has 1 aliphatic heterocycles. The standard InChI is InChI=1S/C21H17ClN2O5S2/c1-2-16(20(27)28)29-15-5-3-4-12(10-15)11-17-19(26)24(21(30)31-17)23-18(25)13-6-8-14(22)9-7-13/h3-11,16H,2H2,1H3,(H,23,25)(H,27,28)/b17-11+. The lowest BCUT2D eigenvalue weighted by Gasteiger charge is -2.15. The summed E-state index contributed by atoms with van der Waals surface area (Å²) >= 11 is 12.1. The normalized spacial score (nSPS) is 15.8. The van der Waals surface area contributed by atoms with E-state index in [4.69, 9.17) is 33.7 Å². The van der Waals surface area contributed by atoms with Crippen molar-refractivity contribution in [3.63, 3.8) is 0 Å². The minimum Gasteiger partial charge on any atom is -0.479 e. The maximum Gasteiger partial charge on any atom is 0.344 e. The van der Waals surface area contributed by atoms with Crippen LogP contribution >= 0.6 is 35.6 Å². The Morgan fingerprint density at radius 3 is 2.65 bits per heavy atom. The van der Waals surface area contributed by atoms with Crippen LogP contribution in [0.25, 0.3) is 6.08 Å². The summed E-state index contributed by atoms with van der Waals surface area (Å²) in [6.07, 6.45) is 0.949. The first-order chi connectivity index (χ1) is 14.8. The summed E-state index contributed by atoms with van der Waals surface area (Å²) < 4.78 is 5.67. The number of nitrogens with zero attached hydrogens (tertiary/aromatic N) is 1. The van der Waals surface area contributed by atoms with Crippen molar-refractivity contribution >= 4 is 63.8 Å². The van der Waals surface area contributed by atoms with Gasteiger partial charge in [-0.3, -0.25) is 15.0 Å². The summed E-state index contributed by atoms with van der Waals surface area (Å²) in [4.78, 5) is 36.6. The van der Waals surface area contributed by atoms with E-state index in [9.17, 15) is 14.4 Å². The zero-order chi connectivity index (χ0) is 22.5. The van der Waals surface area contributed by atoms with E-state index in [1.54, 1.807) is 49.4 Å². The number of ether oxygens (including phenoxy) is 1. The number of hydrogen-bond donors (Lipinski definition) is 2. The Balaban J connectivity index is 1.74. The number of hydrogen-bond acceptors (Lipinski definition) is 6. The number of carboxylic acids is 1. The van der Waals surface area contributed by atoms with E-state index in [0.717, 1.165) is 16.8 Å². The number of carboxylic acid groups (broad SMARTS) is 1. The molecule has 1 heterocycles. The molecule has 2 aromatic carbocycles. The van der Waals surface area contributed by atoms with Crippen LogP contribution in [0.2, 0.25) is 5.02 Å². The highest BCUT2D eigenvalue weighted by Gasteiger charge is 2.33. The van der Waals surface area contributed by atoms with Gasteiger partial charge < -0.3 is 9.84 Å². The molecular formula is C21H17ClN2O5S2. The van der Waals surface area contributed by atoms with Crippen molar-refractivity contribution in [2.45, 2.75) is 19.4 Å². The van der Waals surface area contributed by atoms with Gasteiger partial charge in [-0.1, -0.05) is 42.4 Å². The maximum absolute atomic E-state index is 12.7. The fraction of sp³-hybridized carbons (Fsp3) is 0.143. The van der Waals surface area contributed by atoms with Gasteiger partial charge in [-0.2, -0.15) is 5.01 Å². The number of thioether (sulfide) groups is 1. The van der Waals surface area contributed by atoms with E-state index in [1.165, 1.54) is 12.1 Å². The Labute approximate surface area is 193 Å². The second-order valence-electron chi connectivity index (χ2n) is 6.39. The number of rotatable bonds is 7. The quantitative estimate of drug-likeness (QED) is 0.458. The molecule has 160 valence electrons. The number of benzene rings is 2. The number of thiocarbonyl (C=S) groups is 1. The Kier molecular flexibility index (Phi) is 7.32. The number of carbonyl (C=O) groups excluding carboxylic acids is 2. The van der Waals surface area contributed by atoms with Gasteiger partial charge in [0.1, 0.15) is 5.75 Å². The van der Waals surface area contributed by atoms with E-state index < -0.39 is 23.9 Å². The fourth-order valence-corrected chi connectivity index (χ4v) is 3.94. The summed E-state index contributed by atoms with van der Waals surface area (Å²) in [7, 11) is 0. The molecule has 0 saturated carbocycles. The van der Waals surface area contributed by atoms with Gasteiger partial charge in [0.25, 0.3) is 11.8 Å².